The highest BCUT2D eigenvalue weighted by Crippen LogP contribution is 2.15. The van der Waals surface area contributed by atoms with Gasteiger partial charge >= 0.3 is 5.97 Å². The average Bonchev–Trinajstić information content (AvgIpc) is 2.67. The number of carbonyl (C=O) groups is 1. The molecular weight excluding hydrogens is 340 g/mol. The van der Waals surface area contributed by atoms with Crippen LogP contribution in [-0.4, -0.2) is 31.6 Å². The summed E-state index contributed by atoms with van der Waals surface area (Å²) in [6.07, 6.45) is 19.2. The number of carbonyl (C=O) groups excluding carboxylic acids is 1. The van der Waals surface area contributed by atoms with Gasteiger partial charge in [0.2, 0.25) is 0 Å². The molecule has 0 atom stereocenters. The van der Waals surface area contributed by atoms with Crippen molar-refractivity contribution in [3.63, 3.8) is 0 Å². The van der Waals surface area contributed by atoms with Crippen LogP contribution in [0.5, 0.6) is 0 Å². The van der Waals surface area contributed by atoms with Crippen LogP contribution in [0.3, 0.4) is 0 Å². The molecule has 1 saturated heterocycles. The number of esters is 1. The number of ether oxygens (including phenoxy) is 3. The minimum Gasteiger partial charge on any atom is -0.457 e. The van der Waals surface area contributed by atoms with Gasteiger partial charge in [-0.1, -0.05) is 97.3 Å². The monoisotopic (exact) mass is 384 g/mol. The molecule has 0 amide bonds. The van der Waals surface area contributed by atoms with Crippen LogP contribution in [0.4, 0.5) is 0 Å². The Labute approximate surface area is 167 Å². The van der Waals surface area contributed by atoms with Gasteiger partial charge in [0.15, 0.2) is 6.29 Å². The lowest BCUT2D eigenvalue weighted by Gasteiger charge is -2.28. The molecule has 1 rings (SSSR count). The molecule has 160 valence electrons. The Kier molecular flexibility index (Phi) is 15.8. The zero-order chi connectivity index (χ0) is 19.6. The summed E-state index contributed by atoms with van der Waals surface area (Å²) in [6, 6.07) is 0. The standard InChI is InChI=1S/C23H44O4/c1-3-5-6-7-8-9-10-11-12-13-14-15-16-18-22(24)27-21-19-25-23(17-4-2)26-20-21/h21,23H,3-20H2,1-2H3. The third-order valence-corrected chi connectivity index (χ3v) is 5.24. The van der Waals surface area contributed by atoms with Crippen molar-refractivity contribution in [2.75, 3.05) is 13.2 Å². The lowest BCUT2D eigenvalue weighted by molar-refractivity contribution is -0.227. The quantitative estimate of drug-likeness (QED) is 0.211. The summed E-state index contributed by atoms with van der Waals surface area (Å²) in [7, 11) is 0. The fourth-order valence-corrected chi connectivity index (χ4v) is 3.53. The van der Waals surface area contributed by atoms with Gasteiger partial charge in [-0.25, -0.2) is 0 Å². The van der Waals surface area contributed by atoms with Crippen molar-refractivity contribution in [1.29, 1.82) is 0 Å². The molecule has 0 aromatic heterocycles. The van der Waals surface area contributed by atoms with Crippen molar-refractivity contribution >= 4 is 5.97 Å². The molecule has 1 aliphatic heterocycles. The Morgan fingerprint density at radius 2 is 1.22 bits per heavy atom. The fraction of sp³-hybridized carbons (Fsp3) is 0.957. The number of hydrogen-bond donors (Lipinski definition) is 0. The second-order valence-corrected chi connectivity index (χ2v) is 7.99. The molecule has 0 aromatic carbocycles. The summed E-state index contributed by atoms with van der Waals surface area (Å²) < 4.78 is 16.5. The van der Waals surface area contributed by atoms with E-state index >= 15 is 0 Å². The van der Waals surface area contributed by atoms with E-state index in [0.29, 0.717) is 19.6 Å². The molecular formula is C23H44O4. The predicted octanol–water partition coefficient (Wildman–Crippen LogP) is 6.55. The average molecular weight is 385 g/mol. The molecule has 1 heterocycles. The first kappa shape index (κ1) is 24.4. The molecule has 1 aliphatic rings. The van der Waals surface area contributed by atoms with E-state index in [9.17, 15) is 4.79 Å². The molecule has 27 heavy (non-hydrogen) atoms. The third kappa shape index (κ3) is 14.1. The predicted molar refractivity (Wildman–Crippen MR) is 111 cm³/mol. The van der Waals surface area contributed by atoms with Gasteiger partial charge in [0.1, 0.15) is 6.10 Å². The summed E-state index contributed by atoms with van der Waals surface area (Å²) >= 11 is 0. The third-order valence-electron chi connectivity index (χ3n) is 5.24. The maximum atomic E-state index is 11.9. The van der Waals surface area contributed by atoms with Crippen molar-refractivity contribution in [1.82, 2.24) is 0 Å². The van der Waals surface area contributed by atoms with Crippen LogP contribution in [0.2, 0.25) is 0 Å². The molecule has 4 nitrogen and oxygen atoms in total. The van der Waals surface area contributed by atoms with Crippen molar-refractivity contribution < 1.29 is 19.0 Å². The second-order valence-electron chi connectivity index (χ2n) is 7.99. The molecule has 1 fully saturated rings. The Hall–Kier alpha value is -0.610. The SMILES string of the molecule is CCCCCCCCCCCCCCCC(=O)OC1COC(CCC)OC1. The summed E-state index contributed by atoms with van der Waals surface area (Å²) in [6.45, 7) is 5.31. The molecule has 0 spiro atoms. The van der Waals surface area contributed by atoms with Crippen molar-refractivity contribution in [2.45, 2.75) is 129 Å². The first-order valence-corrected chi connectivity index (χ1v) is 11.7. The van der Waals surface area contributed by atoms with E-state index in [1.54, 1.807) is 0 Å². The van der Waals surface area contributed by atoms with Gasteiger partial charge in [-0.05, 0) is 12.8 Å². The van der Waals surface area contributed by atoms with Gasteiger partial charge in [0.05, 0.1) is 13.2 Å². The van der Waals surface area contributed by atoms with Gasteiger partial charge < -0.3 is 14.2 Å². The maximum Gasteiger partial charge on any atom is 0.306 e. The van der Waals surface area contributed by atoms with Crippen LogP contribution in [0, 0.1) is 0 Å². The molecule has 4 heteroatoms. The number of rotatable bonds is 17. The molecule has 0 aromatic rings. The molecule has 0 aliphatic carbocycles. The fourth-order valence-electron chi connectivity index (χ4n) is 3.53. The summed E-state index contributed by atoms with van der Waals surface area (Å²) in [4.78, 5) is 11.9. The van der Waals surface area contributed by atoms with E-state index in [1.165, 1.54) is 70.6 Å². The lowest BCUT2D eigenvalue weighted by Crippen LogP contribution is -2.38. The van der Waals surface area contributed by atoms with E-state index in [1.807, 2.05) is 0 Å². The van der Waals surface area contributed by atoms with Crippen molar-refractivity contribution in [3.8, 4) is 0 Å². The van der Waals surface area contributed by atoms with Crippen LogP contribution in [-0.2, 0) is 19.0 Å². The van der Waals surface area contributed by atoms with Gasteiger partial charge in [-0.2, -0.15) is 0 Å². The summed E-state index contributed by atoms with van der Waals surface area (Å²) in [5.41, 5.74) is 0. The Bertz CT molecular complexity index is 337. The van der Waals surface area contributed by atoms with Gasteiger partial charge in [0, 0.05) is 6.42 Å². The van der Waals surface area contributed by atoms with Gasteiger partial charge in [-0.3, -0.25) is 4.79 Å². The maximum absolute atomic E-state index is 11.9. The topological polar surface area (TPSA) is 44.8 Å². The number of hydrogen-bond acceptors (Lipinski definition) is 4. The highest BCUT2D eigenvalue weighted by molar-refractivity contribution is 5.69. The van der Waals surface area contributed by atoms with Crippen molar-refractivity contribution in [3.05, 3.63) is 0 Å². The molecule has 0 radical (unpaired) electrons. The number of unbranched alkanes of at least 4 members (excludes halogenated alkanes) is 12. The van der Waals surface area contributed by atoms with Gasteiger partial charge in [-0.15, -0.1) is 0 Å². The van der Waals surface area contributed by atoms with Gasteiger partial charge in [0.25, 0.3) is 0 Å². The smallest absolute Gasteiger partial charge is 0.306 e. The molecule has 0 N–H and O–H groups in total. The Morgan fingerprint density at radius 1 is 0.741 bits per heavy atom. The zero-order valence-corrected chi connectivity index (χ0v) is 18.0. The lowest BCUT2D eigenvalue weighted by atomic mass is 10.0. The van der Waals surface area contributed by atoms with E-state index in [2.05, 4.69) is 13.8 Å². The normalized spacial score (nSPS) is 19.9. The van der Waals surface area contributed by atoms with Crippen LogP contribution in [0.1, 0.15) is 117 Å². The minimum atomic E-state index is -0.229. The zero-order valence-electron chi connectivity index (χ0n) is 18.0. The first-order valence-electron chi connectivity index (χ1n) is 11.7. The molecule has 0 unspecified atom stereocenters. The van der Waals surface area contributed by atoms with Crippen LogP contribution >= 0.6 is 0 Å². The minimum absolute atomic E-state index is 0.107. The van der Waals surface area contributed by atoms with Crippen LogP contribution in [0.25, 0.3) is 0 Å². The van der Waals surface area contributed by atoms with E-state index in [-0.39, 0.29) is 18.4 Å². The summed E-state index contributed by atoms with van der Waals surface area (Å²) in [5.74, 6) is -0.107. The van der Waals surface area contributed by atoms with Crippen LogP contribution < -0.4 is 0 Å². The molecule has 0 bridgehead atoms. The summed E-state index contributed by atoms with van der Waals surface area (Å²) in [5, 5.41) is 0. The highest BCUT2D eigenvalue weighted by atomic mass is 16.7. The van der Waals surface area contributed by atoms with Crippen molar-refractivity contribution in [2.24, 2.45) is 0 Å². The largest absolute Gasteiger partial charge is 0.457 e. The van der Waals surface area contributed by atoms with E-state index < -0.39 is 0 Å². The molecule has 0 saturated carbocycles. The Balaban J connectivity index is 1.82. The second kappa shape index (κ2) is 17.5. The first-order chi connectivity index (χ1) is 13.3. The van der Waals surface area contributed by atoms with E-state index in [4.69, 9.17) is 14.2 Å². The van der Waals surface area contributed by atoms with Crippen LogP contribution in [0.15, 0.2) is 0 Å². The Morgan fingerprint density at radius 3 is 1.70 bits per heavy atom. The van der Waals surface area contributed by atoms with E-state index in [0.717, 1.165) is 25.7 Å². The highest BCUT2D eigenvalue weighted by Gasteiger charge is 2.24.